The molecule has 0 atom stereocenters. The van der Waals surface area contributed by atoms with Crippen LogP contribution in [0.15, 0.2) is 24.3 Å². The predicted molar refractivity (Wildman–Crippen MR) is 45.2 cm³/mol. The van der Waals surface area contributed by atoms with E-state index in [1.807, 2.05) is 18.2 Å². The van der Waals surface area contributed by atoms with Crippen molar-refractivity contribution in [3.8, 4) is 0 Å². The third-order valence-electron chi connectivity index (χ3n) is 1.49. The molecular weight excluding hydrogens is 138 g/mol. The van der Waals surface area contributed by atoms with Crippen molar-refractivity contribution in [2.75, 3.05) is 5.73 Å². The summed E-state index contributed by atoms with van der Waals surface area (Å²) in [5.41, 5.74) is 7.23. The van der Waals surface area contributed by atoms with Crippen LogP contribution in [0.1, 0.15) is 12.5 Å². The van der Waals surface area contributed by atoms with E-state index < -0.39 is 0 Å². The molecule has 0 bridgehead atoms. The van der Waals surface area contributed by atoms with E-state index in [2.05, 4.69) is 0 Å². The SMILES string of the molecule is CC(=O)Cc1ccccc1N. The van der Waals surface area contributed by atoms with E-state index in [1.165, 1.54) is 0 Å². The average molecular weight is 149 g/mol. The van der Waals surface area contributed by atoms with Crippen molar-refractivity contribution in [3.63, 3.8) is 0 Å². The van der Waals surface area contributed by atoms with E-state index in [4.69, 9.17) is 5.73 Å². The second kappa shape index (κ2) is 3.19. The average Bonchev–Trinajstić information content (AvgIpc) is 1.93. The van der Waals surface area contributed by atoms with Gasteiger partial charge >= 0.3 is 0 Å². The molecule has 0 radical (unpaired) electrons. The highest BCUT2D eigenvalue weighted by Crippen LogP contribution is 2.10. The summed E-state index contributed by atoms with van der Waals surface area (Å²) in [6.07, 6.45) is 0.437. The molecule has 0 unspecified atom stereocenters. The third-order valence-corrected chi connectivity index (χ3v) is 1.49. The van der Waals surface area contributed by atoms with Crippen LogP contribution >= 0.6 is 0 Å². The summed E-state index contributed by atoms with van der Waals surface area (Å²) < 4.78 is 0. The summed E-state index contributed by atoms with van der Waals surface area (Å²) in [5.74, 6) is 0.142. The highest BCUT2D eigenvalue weighted by Gasteiger charge is 1.99. The Bertz CT molecular complexity index is 268. The van der Waals surface area contributed by atoms with Gasteiger partial charge in [0.2, 0.25) is 0 Å². The molecule has 2 N–H and O–H groups in total. The molecule has 0 heterocycles. The van der Waals surface area contributed by atoms with E-state index >= 15 is 0 Å². The first-order valence-corrected chi connectivity index (χ1v) is 3.53. The standard InChI is InChI=1S/C9H11NO/c1-7(11)6-8-4-2-3-5-9(8)10/h2-5H,6,10H2,1H3. The molecule has 58 valence electrons. The molecule has 1 aromatic carbocycles. The highest BCUT2D eigenvalue weighted by molar-refractivity contribution is 5.79. The maximum Gasteiger partial charge on any atom is 0.134 e. The van der Waals surface area contributed by atoms with Gasteiger partial charge in [0.05, 0.1) is 0 Å². The number of hydrogen-bond donors (Lipinski definition) is 1. The predicted octanol–water partition coefficient (Wildman–Crippen LogP) is 1.40. The molecule has 0 aliphatic heterocycles. The minimum atomic E-state index is 0.142. The van der Waals surface area contributed by atoms with Crippen LogP contribution in [0, 0.1) is 0 Å². The Balaban J connectivity index is 2.86. The second-order valence-corrected chi connectivity index (χ2v) is 2.58. The van der Waals surface area contributed by atoms with Gasteiger partial charge in [-0.1, -0.05) is 18.2 Å². The van der Waals surface area contributed by atoms with Crippen LogP contribution in [0.2, 0.25) is 0 Å². The number of hydrogen-bond acceptors (Lipinski definition) is 2. The third kappa shape index (κ3) is 2.08. The van der Waals surface area contributed by atoms with Gasteiger partial charge in [0.25, 0.3) is 0 Å². The molecular formula is C9H11NO. The topological polar surface area (TPSA) is 43.1 Å². The van der Waals surface area contributed by atoms with Gasteiger partial charge in [-0.2, -0.15) is 0 Å². The summed E-state index contributed by atoms with van der Waals surface area (Å²) in [6, 6.07) is 7.42. The maximum absolute atomic E-state index is 10.7. The summed E-state index contributed by atoms with van der Waals surface area (Å²) in [5, 5.41) is 0. The number of anilines is 1. The largest absolute Gasteiger partial charge is 0.398 e. The van der Waals surface area contributed by atoms with Crippen molar-refractivity contribution >= 4 is 11.5 Å². The smallest absolute Gasteiger partial charge is 0.134 e. The number of para-hydroxylation sites is 1. The van der Waals surface area contributed by atoms with E-state index in [0.717, 1.165) is 5.56 Å². The first-order chi connectivity index (χ1) is 5.20. The van der Waals surface area contributed by atoms with Crippen LogP contribution in [0.5, 0.6) is 0 Å². The fourth-order valence-corrected chi connectivity index (χ4v) is 0.963. The molecule has 0 aliphatic carbocycles. The van der Waals surface area contributed by atoms with Gasteiger partial charge in [-0.05, 0) is 18.6 Å². The van der Waals surface area contributed by atoms with Crippen molar-refractivity contribution < 1.29 is 4.79 Å². The molecule has 1 aromatic rings. The van der Waals surface area contributed by atoms with Gasteiger partial charge < -0.3 is 5.73 Å². The monoisotopic (exact) mass is 149 g/mol. The van der Waals surface area contributed by atoms with Gasteiger partial charge in [0, 0.05) is 12.1 Å². The lowest BCUT2D eigenvalue weighted by molar-refractivity contribution is -0.116. The Morgan fingerprint density at radius 3 is 2.64 bits per heavy atom. The van der Waals surface area contributed by atoms with E-state index in [0.29, 0.717) is 12.1 Å². The number of ketones is 1. The molecule has 2 heteroatoms. The number of rotatable bonds is 2. The summed E-state index contributed by atoms with van der Waals surface area (Å²) in [7, 11) is 0. The van der Waals surface area contributed by atoms with Crippen LogP contribution in [0.25, 0.3) is 0 Å². The number of nitrogens with two attached hydrogens (primary N) is 1. The summed E-state index contributed by atoms with van der Waals surface area (Å²) in [6.45, 7) is 1.56. The molecule has 0 aromatic heterocycles. The van der Waals surface area contributed by atoms with E-state index in [9.17, 15) is 4.79 Å². The first kappa shape index (κ1) is 7.79. The molecule has 0 aliphatic rings. The van der Waals surface area contributed by atoms with Gasteiger partial charge in [0.15, 0.2) is 0 Å². The number of nitrogen functional groups attached to an aromatic ring is 1. The second-order valence-electron chi connectivity index (χ2n) is 2.58. The van der Waals surface area contributed by atoms with Gasteiger partial charge in [-0.25, -0.2) is 0 Å². The van der Waals surface area contributed by atoms with Crippen molar-refractivity contribution in [1.82, 2.24) is 0 Å². The minimum absolute atomic E-state index is 0.142. The van der Waals surface area contributed by atoms with Gasteiger partial charge in [-0.3, -0.25) is 4.79 Å². The van der Waals surface area contributed by atoms with Crippen molar-refractivity contribution in [3.05, 3.63) is 29.8 Å². The minimum Gasteiger partial charge on any atom is -0.398 e. The molecule has 0 saturated carbocycles. The molecule has 0 spiro atoms. The molecule has 0 amide bonds. The number of carbonyl (C=O) groups excluding carboxylic acids is 1. The zero-order valence-electron chi connectivity index (χ0n) is 6.50. The Morgan fingerprint density at radius 2 is 2.09 bits per heavy atom. The Kier molecular flexibility index (Phi) is 2.26. The summed E-state index contributed by atoms with van der Waals surface area (Å²) in [4.78, 5) is 10.7. The Morgan fingerprint density at radius 1 is 1.45 bits per heavy atom. The maximum atomic E-state index is 10.7. The van der Waals surface area contributed by atoms with Crippen LogP contribution in [0.4, 0.5) is 5.69 Å². The van der Waals surface area contributed by atoms with E-state index in [1.54, 1.807) is 13.0 Å². The summed E-state index contributed by atoms with van der Waals surface area (Å²) >= 11 is 0. The number of benzene rings is 1. The van der Waals surface area contributed by atoms with Crippen molar-refractivity contribution in [2.24, 2.45) is 0 Å². The molecule has 0 saturated heterocycles. The van der Waals surface area contributed by atoms with Crippen LogP contribution in [0.3, 0.4) is 0 Å². The quantitative estimate of drug-likeness (QED) is 0.646. The molecule has 1 rings (SSSR count). The highest BCUT2D eigenvalue weighted by atomic mass is 16.1. The van der Waals surface area contributed by atoms with Gasteiger partial charge in [0.1, 0.15) is 5.78 Å². The zero-order valence-corrected chi connectivity index (χ0v) is 6.50. The number of carbonyl (C=O) groups is 1. The fraction of sp³-hybridized carbons (Fsp3) is 0.222. The van der Waals surface area contributed by atoms with Crippen LogP contribution in [-0.4, -0.2) is 5.78 Å². The first-order valence-electron chi connectivity index (χ1n) is 3.53. The zero-order chi connectivity index (χ0) is 8.27. The fourth-order valence-electron chi connectivity index (χ4n) is 0.963. The normalized spacial score (nSPS) is 9.55. The Labute approximate surface area is 66.0 Å². The van der Waals surface area contributed by atoms with Crippen molar-refractivity contribution in [2.45, 2.75) is 13.3 Å². The van der Waals surface area contributed by atoms with Crippen LogP contribution in [-0.2, 0) is 11.2 Å². The lowest BCUT2D eigenvalue weighted by Crippen LogP contribution is -2.00. The van der Waals surface area contributed by atoms with Crippen molar-refractivity contribution in [1.29, 1.82) is 0 Å². The van der Waals surface area contributed by atoms with Crippen LogP contribution < -0.4 is 5.73 Å². The molecule has 2 nitrogen and oxygen atoms in total. The molecule has 11 heavy (non-hydrogen) atoms. The lowest BCUT2D eigenvalue weighted by atomic mass is 10.1. The number of Topliss-reactive ketones (excluding diaryl/α,β-unsaturated/α-hetero) is 1. The Hall–Kier alpha value is -1.31. The molecule has 0 fully saturated rings. The lowest BCUT2D eigenvalue weighted by Gasteiger charge is -2.00. The van der Waals surface area contributed by atoms with E-state index in [-0.39, 0.29) is 5.78 Å². The van der Waals surface area contributed by atoms with Gasteiger partial charge in [-0.15, -0.1) is 0 Å².